The highest BCUT2D eigenvalue weighted by Gasteiger charge is 2.21. The molecule has 152 valence electrons. The maximum absolute atomic E-state index is 11.4. The number of aromatic hydroxyl groups is 1. The smallest absolute Gasteiger partial charge is 0.327 e. The Kier molecular flexibility index (Phi) is 4.44. The van der Waals surface area contributed by atoms with Crippen molar-refractivity contribution in [2.24, 2.45) is 4.99 Å². The quantitative estimate of drug-likeness (QED) is 0.436. The molecular formula is C18H13Cl2N7O3. The molecule has 0 unspecified atom stereocenters. The van der Waals surface area contributed by atoms with Crippen LogP contribution in [0, 0.1) is 0 Å². The van der Waals surface area contributed by atoms with Gasteiger partial charge in [-0.2, -0.15) is 19.6 Å². The minimum Gasteiger partial charge on any atom is -0.493 e. The van der Waals surface area contributed by atoms with Crippen molar-refractivity contribution >= 4 is 34.9 Å². The molecule has 0 bridgehead atoms. The van der Waals surface area contributed by atoms with E-state index >= 15 is 0 Å². The lowest BCUT2D eigenvalue weighted by atomic mass is 10.3. The van der Waals surface area contributed by atoms with E-state index in [1.54, 1.807) is 18.2 Å². The first-order valence-corrected chi connectivity index (χ1v) is 9.68. The van der Waals surface area contributed by atoms with Crippen molar-refractivity contribution < 1.29 is 9.84 Å². The summed E-state index contributed by atoms with van der Waals surface area (Å²) in [6.45, 7) is 0. The van der Waals surface area contributed by atoms with Crippen LogP contribution in [0.25, 0.3) is 11.7 Å². The normalized spacial score (nSPS) is 15.3. The van der Waals surface area contributed by atoms with Gasteiger partial charge in [0.2, 0.25) is 5.88 Å². The molecule has 4 aromatic rings. The topological polar surface area (TPSA) is 134 Å². The summed E-state index contributed by atoms with van der Waals surface area (Å²) in [6, 6.07) is 5.16. The van der Waals surface area contributed by atoms with Gasteiger partial charge in [-0.3, -0.25) is 4.98 Å². The second-order valence-corrected chi connectivity index (χ2v) is 7.43. The zero-order chi connectivity index (χ0) is 20.8. The number of H-pyrrole nitrogens is 2. The van der Waals surface area contributed by atoms with Crippen LogP contribution in [-0.2, 0) is 0 Å². The summed E-state index contributed by atoms with van der Waals surface area (Å²) in [6.07, 6.45) is 5.00. The SMILES string of the molecule is O=c1[nH]c(O)c(/C=c2/cnn3c(=NC4CC4)nc(Oc4cccc(Cl)c4Cl)nc23)[nH]1. The Labute approximate surface area is 177 Å². The number of rotatable bonds is 4. The molecule has 1 aliphatic rings. The van der Waals surface area contributed by atoms with Gasteiger partial charge in [0, 0.05) is 5.22 Å². The maximum Gasteiger partial charge on any atom is 0.327 e. The van der Waals surface area contributed by atoms with Crippen molar-refractivity contribution in [1.82, 2.24) is 29.5 Å². The minimum atomic E-state index is -0.533. The Balaban J connectivity index is 1.69. The molecule has 1 aliphatic carbocycles. The second kappa shape index (κ2) is 7.15. The summed E-state index contributed by atoms with van der Waals surface area (Å²) in [5, 5.41) is 15.2. The van der Waals surface area contributed by atoms with E-state index in [2.05, 4.69) is 30.0 Å². The van der Waals surface area contributed by atoms with E-state index in [9.17, 15) is 9.90 Å². The highest BCUT2D eigenvalue weighted by atomic mass is 35.5. The molecule has 0 aliphatic heterocycles. The van der Waals surface area contributed by atoms with Crippen molar-refractivity contribution in [1.29, 1.82) is 0 Å². The zero-order valence-electron chi connectivity index (χ0n) is 15.1. The van der Waals surface area contributed by atoms with E-state index in [1.165, 1.54) is 16.8 Å². The van der Waals surface area contributed by atoms with Crippen LogP contribution in [0.5, 0.6) is 17.6 Å². The third-order valence-corrected chi connectivity index (χ3v) is 5.16. The molecule has 3 aromatic heterocycles. The fraction of sp³-hybridized carbons (Fsp3) is 0.167. The summed E-state index contributed by atoms with van der Waals surface area (Å²) in [7, 11) is 0. The molecule has 1 fully saturated rings. The average Bonchev–Trinajstić information content (AvgIpc) is 3.34. The van der Waals surface area contributed by atoms with Crippen molar-refractivity contribution in [3.05, 3.63) is 61.5 Å². The van der Waals surface area contributed by atoms with Crippen molar-refractivity contribution in [3.8, 4) is 17.6 Å². The number of benzene rings is 1. The van der Waals surface area contributed by atoms with E-state index in [-0.39, 0.29) is 28.6 Å². The third-order valence-electron chi connectivity index (χ3n) is 4.36. The molecule has 12 heteroatoms. The van der Waals surface area contributed by atoms with Gasteiger partial charge in [-0.15, -0.1) is 0 Å². The van der Waals surface area contributed by atoms with Gasteiger partial charge in [0.1, 0.15) is 10.7 Å². The van der Waals surface area contributed by atoms with Gasteiger partial charge >= 0.3 is 11.7 Å². The number of nitrogens with zero attached hydrogens (tertiary/aromatic N) is 5. The van der Waals surface area contributed by atoms with E-state index in [0.717, 1.165) is 12.8 Å². The molecule has 3 heterocycles. The fourth-order valence-corrected chi connectivity index (χ4v) is 3.10. The Hall–Kier alpha value is -3.37. The lowest BCUT2D eigenvalue weighted by molar-refractivity contribution is 0.436. The molecule has 1 aromatic carbocycles. The highest BCUT2D eigenvalue weighted by Crippen LogP contribution is 2.33. The number of imidazole rings is 1. The number of halogens is 2. The average molecular weight is 446 g/mol. The predicted molar refractivity (Wildman–Crippen MR) is 108 cm³/mol. The third kappa shape index (κ3) is 3.51. The molecule has 0 amide bonds. The van der Waals surface area contributed by atoms with Gasteiger partial charge in [-0.05, 0) is 31.1 Å². The fourth-order valence-electron chi connectivity index (χ4n) is 2.77. The van der Waals surface area contributed by atoms with Crippen LogP contribution in [0.2, 0.25) is 10.0 Å². The maximum atomic E-state index is 11.4. The highest BCUT2D eigenvalue weighted by molar-refractivity contribution is 6.42. The van der Waals surface area contributed by atoms with Gasteiger partial charge < -0.3 is 14.8 Å². The lowest BCUT2D eigenvalue weighted by Crippen LogP contribution is -2.23. The largest absolute Gasteiger partial charge is 0.493 e. The summed E-state index contributed by atoms with van der Waals surface area (Å²) in [4.78, 5) is 29.5. The van der Waals surface area contributed by atoms with Crippen LogP contribution >= 0.6 is 23.2 Å². The summed E-state index contributed by atoms with van der Waals surface area (Å²) in [5.41, 5.74) is 0.351. The summed E-state index contributed by atoms with van der Waals surface area (Å²) < 4.78 is 7.25. The number of ether oxygens (including phenoxy) is 1. The van der Waals surface area contributed by atoms with Crippen LogP contribution in [0.4, 0.5) is 0 Å². The number of hydrogen-bond donors (Lipinski definition) is 3. The molecule has 5 rings (SSSR count). The van der Waals surface area contributed by atoms with Gasteiger partial charge in [0.25, 0.3) is 5.62 Å². The molecule has 0 atom stereocenters. The Morgan fingerprint density at radius 2 is 2.10 bits per heavy atom. The number of aromatic nitrogens is 6. The van der Waals surface area contributed by atoms with Crippen LogP contribution in [0.3, 0.4) is 0 Å². The first-order chi connectivity index (χ1) is 14.5. The molecule has 1 saturated carbocycles. The van der Waals surface area contributed by atoms with Crippen molar-refractivity contribution in [2.45, 2.75) is 18.9 Å². The second-order valence-electron chi connectivity index (χ2n) is 6.64. The molecule has 3 N–H and O–H groups in total. The van der Waals surface area contributed by atoms with E-state index in [0.29, 0.717) is 27.3 Å². The Bertz CT molecular complexity index is 1450. The molecule has 0 radical (unpaired) electrons. The van der Waals surface area contributed by atoms with Crippen LogP contribution in [0.1, 0.15) is 18.5 Å². The Morgan fingerprint density at radius 1 is 1.27 bits per heavy atom. The molecule has 30 heavy (non-hydrogen) atoms. The minimum absolute atomic E-state index is 0.00741. The van der Waals surface area contributed by atoms with Crippen LogP contribution in [-0.4, -0.2) is 40.7 Å². The molecule has 10 nitrogen and oxygen atoms in total. The van der Waals surface area contributed by atoms with Gasteiger partial charge in [0.15, 0.2) is 11.4 Å². The van der Waals surface area contributed by atoms with Crippen molar-refractivity contribution in [2.75, 3.05) is 0 Å². The lowest BCUT2D eigenvalue weighted by Gasteiger charge is -2.07. The van der Waals surface area contributed by atoms with Gasteiger partial charge in [-0.25, -0.2) is 9.79 Å². The van der Waals surface area contributed by atoms with E-state index < -0.39 is 5.69 Å². The number of nitrogens with one attached hydrogen (secondary N) is 2. The number of aromatic amines is 2. The number of fused-ring (bicyclic) bond motifs is 1. The van der Waals surface area contributed by atoms with Gasteiger partial charge in [-0.1, -0.05) is 29.3 Å². The number of hydrogen-bond acceptors (Lipinski definition) is 7. The zero-order valence-corrected chi connectivity index (χ0v) is 16.6. The summed E-state index contributed by atoms with van der Waals surface area (Å²) >= 11 is 12.3. The molecule has 0 saturated heterocycles. The monoisotopic (exact) mass is 445 g/mol. The predicted octanol–water partition coefficient (Wildman–Crippen LogP) is 1.56. The van der Waals surface area contributed by atoms with Crippen LogP contribution < -0.4 is 21.3 Å². The van der Waals surface area contributed by atoms with Crippen molar-refractivity contribution in [3.63, 3.8) is 0 Å². The Morgan fingerprint density at radius 3 is 2.83 bits per heavy atom. The first kappa shape index (κ1) is 18.6. The van der Waals surface area contributed by atoms with Gasteiger partial charge in [0.05, 0.1) is 17.3 Å². The summed E-state index contributed by atoms with van der Waals surface area (Å²) in [5.74, 6) is 0.00187. The molecular weight excluding hydrogens is 433 g/mol. The van der Waals surface area contributed by atoms with E-state index in [1.807, 2.05) is 0 Å². The van der Waals surface area contributed by atoms with E-state index in [4.69, 9.17) is 27.9 Å². The standard InChI is InChI=1S/C18H13Cl2N7O3/c19-10-2-1-3-12(13(10)20)30-18-24-14-8(6-11-15(28)25-17(29)23-11)7-21-27(14)16(26-18)22-9-4-5-9/h1-3,6-7,9,28H,4-5H2,(H2,23,25,29)/b8-6-,22-16?. The van der Waals surface area contributed by atoms with Crippen LogP contribution in [0.15, 0.2) is 34.2 Å². The first-order valence-electron chi connectivity index (χ1n) is 8.92. The molecule has 0 spiro atoms.